The van der Waals surface area contributed by atoms with Crippen molar-refractivity contribution in [1.29, 1.82) is 0 Å². The molecule has 4 atom stereocenters. The number of carbonyl (C=O) groups excluding carboxylic acids is 4. The average Bonchev–Trinajstić information content (AvgIpc) is 3.37. The molecule has 0 bridgehead atoms. The third-order valence-corrected chi connectivity index (χ3v) is 7.43. The van der Waals surface area contributed by atoms with Gasteiger partial charge in [-0.15, -0.1) is 0 Å². The molecule has 8 nitrogen and oxygen atoms in total. The third-order valence-electron chi connectivity index (χ3n) is 7.43. The number of anilines is 1. The van der Waals surface area contributed by atoms with Gasteiger partial charge in [-0.1, -0.05) is 48.0 Å². The van der Waals surface area contributed by atoms with Gasteiger partial charge in [0, 0.05) is 30.3 Å². The number of hydrogen-bond donors (Lipinski definition) is 3. The van der Waals surface area contributed by atoms with Crippen LogP contribution in [-0.4, -0.2) is 41.1 Å². The minimum Gasteiger partial charge on any atom is -0.370 e. The number of aryl methyl sites for hydroxylation is 2. The van der Waals surface area contributed by atoms with Crippen molar-refractivity contribution in [2.24, 2.45) is 17.6 Å². The zero-order valence-corrected chi connectivity index (χ0v) is 19.3. The Morgan fingerprint density at radius 1 is 1.09 bits per heavy atom. The number of rotatable bonds is 6. The molecule has 0 aromatic heterocycles. The molecule has 0 aliphatic carbocycles. The summed E-state index contributed by atoms with van der Waals surface area (Å²) < 4.78 is 0. The number of hydrogen-bond acceptors (Lipinski definition) is 5. The predicted molar refractivity (Wildman–Crippen MR) is 125 cm³/mol. The number of imide groups is 1. The minimum absolute atomic E-state index is 0.0593. The number of amides is 4. The fourth-order valence-corrected chi connectivity index (χ4v) is 5.97. The van der Waals surface area contributed by atoms with Crippen LogP contribution in [0.25, 0.3) is 0 Å². The van der Waals surface area contributed by atoms with Gasteiger partial charge in [-0.3, -0.25) is 29.4 Å². The molecule has 3 aliphatic heterocycles. The molecule has 3 heterocycles. The lowest BCUT2D eigenvalue weighted by atomic mass is 9.75. The molecule has 2 aromatic carbocycles. The number of primary amides is 1. The number of likely N-dealkylation sites (tertiary alicyclic amines) is 1. The Hall–Kier alpha value is -3.52. The van der Waals surface area contributed by atoms with E-state index in [0.29, 0.717) is 17.7 Å². The van der Waals surface area contributed by atoms with E-state index in [1.54, 1.807) is 0 Å². The fourth-order valence-electron chi connectivity index (χ4n) is 5.97. The molecule has 2 saturated heterocycles. The summed E-state index contributed by atoms with van der Waals surface area (Å²) in [6, 6.07) is 13.0. The van der Waals surface area contributed by atoms with Crippen LogP contribution in [0.4, 0.5) is 5.69 Å². The molecular weight excluding hydrogens is 432 g/mol. The SMILES string of the molecule is Cc1cc(C)c2c(c1)[C@]1(N[C@@H](CCC(N)=O)[C@H]3C(=O)N(CCc4ccccc4)C(=O)[C@@H]31)C(=O)N2. The quantitative estimate of drug-likeness (QED) is 0.565. The molecule has 4 N–H and O–H groups in total. The predicted octanol–water partition coefficient (Wildman–Crippen LogP) is 1.53. The van der Waals surface area contributed by atoms with Crippen LogP contribution in [0.3, 0.4) is 0 Å². The lowest BCUT2D eigenvalue weighted by Crippen LogP contribution is -2.53. The van der Waals surface area contributed by atoms with E-state index in [1.165, 1.54) is 4.90 Å². The number of nitrogens with zero attached hydrogens (tertiary/aromatic N) is 1. The zero-order chi connectivity index (χ0) is 24.2. The van der Waals surface area contributed by atoms with Crippen molar-refractivity contribution in [2.75, 3.05) is 11.9 Å². The minimum atomic E-state index is -1.35. The molecule has 34 heavy (non-hydrogen) atoms. The smallest absolute Gasteiger partial charge is 0.250 e. The van der Waals surface area contributed by atoms with Crippen LogP contribution in [0.2, 0.25) is 0 Å². The highest BCUT2D eigenvalue weighted by Gasteiger charge is 2.70. The van der Waals surface area contributed by atoms with Crippen molar-refractivity contribution in [1.82, 2.24) is 10.2 Å². The number of benzene rings is 2. The van der Waals surface area contributed by atoms with E-state index < -0.39 is 29.3 Å². The van der Waals surface area contributed by atoms with E-state index in [0.717, 1.165) is 16.7 Å². The van der Waals surface area contributed by atoms with E-state index in [2.05, 4.69) is 10.6 Å². The van der Waals surface area contributed by atoms with Crippen molar-refractivity contribution in [3.8, 4) is 0 Å². The summed E-state index contributed by atoms with van der Waals surface area (Å²) in [5, 5.41) is 6.31. The summed E-state index contributed by atoms with van der Waals surface area (Å²) >= 11 is 0. The molecule has 8 heteroatoms. The van der Waals surface area contributed by atoms with Gasteiger partial charge in [0.25, 0.3) is 0 Å². The maximum atomic E-state index is 13.8. The molecule has 5 rings (SSSR count). The Morgan fingerprint density at radius 3 is 2.53 bits per heavy atom. The zero-order valence-electron chi connectivity index (χ0n) is 19.3. The van der Waals surface area contributed by atoms with Gasteiger partial charge in [-0.05, 0) is 37.8 Å². The fraction of sp³-hybridized carbons (Fsp3) is 0.385. The van der Waals surface area contributed by atoms with Crippen molar-refractivity contribution in [2.45, 2.75) is 44.7 Å². The number of carbonyl (C=O) groups is 4. The second kappa shape index (κ2) is 8.06. The Kier molecular flexibility index (Phi) is 5.28. The maximum absolute atomic E-state index is 13.8. The number of nitrogens with one attached hydrogen (secondary N) is 2. The molecule has 0 saturated carbocycles. The largest absolute Gasteiger partial charge is 0.370 e. The Balaban J connectivity index is 1.55. The standard InChI is InChI=1S/C26H28N4O4/c1-14-12-15(2)22-17(13-14)26(25(34)28-22)21-20(18(29-26)8-9-19(27)31)23(32)30(24(21)33)11-10-16-6-4-3-5-7-16/h3-7,12-13,18,20-21,29H,8-11H2,1-2H3,(H2,27,31)(H,28,34)/t18-,20+,21+,26+/m0/s1. The topological polar surface area (TPSA) is 122 Å². The van der Waals surface area contributed by atoms with Gasteiger partial charge in [-0.25, -0.2) is 0 Å². The number of nitrogens with two attached hydrogens (primary N) is 1. The van der Waals surface area contributed by atoms with Crippen LogP contribution >= 0.6 is 0 Å². The van der Waals surface area contributed by atoms with Crippen LogP contribution < -0.4 is 16.4 Å². The van der Waals surface area contributed by atoms with Crippen molar-refractivity contribution in [3.63, 3.8) is 0 Å². The molecule has 2 aromatic rings. The van der Waals surface area contributed by atoms with Gasteiger partial charge in [0.2, 0.25) is 23.6 Å². The van der Waals surface area contributed by atoms with E-state index in [4.69, 9.17) is 5.73 Å². The van der Waals surface area contributed by atoms with Crippen LogP contribution in [-0.2, 0) is 31.1 Å². The van der Waals surface area contributed by atoms with Crippen LogP contribution in [0, 0.1) is 25.7 Å². The van der Waals surface area contributed by atoms with E-state index >= 15 is 0 Å². The van der Waals surface area contributed by atoms with Crippen LogP contribution in [0.5, 0.6) is 0 Å². The molecule has 3 aliphatic rings. The monoisotopic (exact) mass is 460 g/mol. The van der Waals surface area contributed by atoms with Gasteiger partial charge >= 0.3 is 0 Å². The van der Waals surface area contributed by atoms with E-state index in [-0.39, 0.29) is 37.1 Å². The summed E-state index contributed by atoms with van der Waals surface area (Å²) in [5.41, 5.74) is 8.29. The van der Waals surface area contributed by atoms with Gasteiger partial charge in [0.1, 0.15) is 5.54 Å². The Morgan fingerprint density at radius 2 is 1.82 bits per heavy atom. The van der Waals surface area contributed by atoms with Crippen LogP contribution in [0.15, 0.2) is 42.5 Å². The summed E-state index contributed by atoms with van der Waals surface area (Å²) in [5.74, 6) is -3.08. The highest BCUT2D eigenvalue weighted by molar-refractivity contribution is 6.15. The van der Waals surface area contributed by atoms with Gasteiger partial charge in [0.15, 0.2) is 0 Å². The molecule has 0 radical (unpaired) electrons. The second-order valence-electron chi connectivity index (χ2n) is 9.59. The summed E-state index contributed by atoms with van der Waals surface area (Å²) in [6.45, 7) is 4.10. The Bertz CT molecular complexity index is 1210. The van der Waals surface area contributed by atoms with Gasteiger partial charge < -0.3 is 11.1 Å². The van der Waals surface area contributed by atoms with E-state index in [1.807, 2.05) is 56.3 Å². The van der Waals surface area contributed by atoms with Gasteiger partial charge in [-0.2, -0.15) is 0 Å². The Labute approximate surface area is 197 Å². The van der Waals surface area contributed by atoms with Gasteiger partial charge in [0.05, 0.1) is 11.8 Å². The highest BCUT2D eigenvalue weighted by Crippen LogP contribution is 2.54. The highest BCUT2D eigenvalue weighted by atomic mass is 16.2. The average molecular weight is 461 g/mol. The van der Waals surface area contributed by atoms with Crippen molar-refractivity contribution >= 4 is 29.3 Å². The van der Waals surface area contributed by atoms with Crippen molar-refractivity contribution < 1.29 is 19.2 Å². The lowest BCUT2D eigenvalue weighted by molar-refractivity contribution is -0.142. The van der Waals surface area contributed by atoms with Crippen LogP contribution in [0.1, 0.15) is 35.1 Å². The molecule has 1 spiro atoms. The second-order valence-corrected chi connectivity index (χ2v) is 9.59. The first-order valence-corrected chi connectivity index (χ1v) is 11.6. The summed E-state index contributed by atoms with van der Waals surface area (Å²) in [7, 11) is 0. The first-order valence-electron chi connectivity index (χ1n) is 11.6. The molecule has 2 fully saturated rings. The number of fused-ring (bicyclic) bond motifs is 4. The molecular formula is C26H28N4O4. The first-order chi connectivity index (χ1) is 16.2. The normalized spacial score (nSPS) is 27.3. The van der Waals surface area contributed by atoms with E-state index in [9.17, 15) is 19.2 Å². The first kappa shape index (κ1) is 22.3. The summed E-state index contributed by atoms with van der Waals surface area (Å²) in [6.07, 6.45) is 0.867. The molecule has 0 unspecified atom stereocenters. The molecule has 176 valence electrons. The molecule has 4 amide bonds. The summed E-state index contributed by atoms with van der Waals surface area (Å²) in [4.78, 5) is 53.7. The van der Waals surface area contributed by atoms with Crippen molar-refractivity contribution in [3.05, 3.63) is 64.7 Å². The maximum Gasteiger partial charge on any atom is 0.250 e. The third kappa shape index (κ3) is 3.24. The lowest BCUT2D eigenvalue weighted by Gasteiger charge is -2.30.